The predicted molar refractivity (Wildman–Crippen MR) is 123 cm³/mol. The monoisotopic (exact) mass is 402 g/mol. The van der Waals surface area contributed by atoms with Gasteiger partial charge < -0.3 is 9.80 Å². The van der Waals surface area contributed by atoms with Gasteiger partial charge in [0, 0.05) is 42.9 Å². The average molecular weight is 403 g/mol. The summed E-state index contributed by atoms with van der Waals surface area (Å²) in [5.41, 5.74) is 0. The lowest BCUT2D eigenvalue weighted by atomic mass is 9.74. The van der Waals surface area contributed by atoms with E-state index in [1.54, 1.807) is 0 Å². The van der Waals surface area contributed by atoms with E-state index < -0.39 is 0 Å². The first-order valence-corrected chi connectivity index (χ1v) is 12.9. The zero-order valence-corrected chi connectivity index (χ0v) is 19.9. The zero-order chi connectivity index (χ0) is 20.5. The van der Waals surface area contributed by atoms with E-state index in [1.165, 1.54) is 70.6 Å². The molecule has 4 aliphatic rings. The minimum atomic E-state index is 0.733. The van der Waals surface area contributed by atoms with Gasteiger partial charge in [0.15, 0.2) is 0 Å². The van der Waals surface area contributed by atoms with E-state index in [9.17, 15) is 0 Å². The lowest BCUT2D eigenvalue weighted by Gasteiger charge is -2.46. The maximum Gasteiger partial charge on any atom is 0.106 e. The smallest absolute Gasteiger partial charge is 0.106 e. The molecule has 0 spiro atoms. The molecule has 3 heteroatoms. The molecule has 1 N–H and O–H groups in total. The van der Waals surface area contributed by atoms with Crippen molar-refractivity contribution < 1.29 is 4.90 Å². The number of nitrogens with one attached hydrogen (secondary N) is 1. The molecule has 8 atom stereocenters. The molecule has 166 valence electrons. The van der Waals surface area contributed by atoms with Gasteiger partial charge in [-0.15, -0.1) is 0 Å². The minimum absolute atomic E-state index is 0.733. The molecule has 0 aromatic rings. The largest absolute Gasteiger partial charge is 0.329 e. The third-order valence-electron chi connectivity index (χ3n) is 9.50. The van der Waals surface area contributed by atoms with Crippen LogP contribution in [0.3, 0.4) is 0 Å². The maximum atomic E-state index is 2.91. The second kappa shape index (κ2) is 9.40. The molecule has 8 unspecified atom stereocenters. The third kappa shape index (κ3) is 4.62. The number of nitrogens with zero attached hydrogens (tertiary/aromatic N) is 2. The Morgan fingerprint density at radius 1 is 0.862 bits per heavy atom. The molecule has 0 aromatic heterocycles. The number of fused-ring (bicyclic) bond motifs is 1. The summed E-state index contributed by atoms with van der Waals surface area (Å²) in [6.45, 7) is 5.01. The Hall–Kier alpha value is -0.380. The van der Waals surface area contributed by atoms with Crippen LogP contribution in [-0.2, 0) is 0 Å². The van der Waals surface area contributed by atoms with Gasteiger partial charge in [-0.3, -0.25) is 4.90 Å². The summed E-state index contributed by atoms with van der Waals surface area (Å²) in [7, 11) is 7.05. The van der Waals surface area contributed by atoms with Crippen molar-refractivity contribution in [1.82, 2.24) is 9.80 Å². The van der Waals surface area contributed by atoms with Crippen molar-refractivity contribution in [3.05, 3.63) is 12.2 Å². The molecule has 2 aliphatic carbocycles. The van der Waals surface area contributed by atoms with Crippen LogP contribution in [0.15, 0.2) is 12.2 Å². The van der Waals surface area contributed by atoms with Crippen molar-refractivity contribution in [2.24, 2.45) is 11.8 Å². The number of rotatable bonds is 4. The SMILES string of the molecule is CC1CC(C=CC2CCC3CC(N(C)C)CCC3[NH+]2C)C(C)N1C1CCCCC1. The number of hydrogen-bond donors (Lipinski definition) is 1. The van der Waals surface area contributed by atoms with Gasteiger partial charge in [-0.1, -0.05) is 25.3 Å². The van der Waals surface area contributed by atoms with Crippen LogP contribution in [0.4, 0.5) is 0 Å². The van der Waals surface area contributed by atoms with E-state index >= 15 is 0 Å². The Morgan fingerprint density at radius 2 is 1.62 bits per heavy atom. The van der Waals surface area contributed by atoms with Crippen LogP contribution in [0.25, 0.3) is 0 Å². The molecule has 0 bridgehead atoms. The molecule has 3 nitrogen and oxygen atoms in total. The number of hydrogen-bond acceptors (Lipinski definition) is 2. The van der Waals surface area contributed by atoms with E-state index in [0.717, 1.165) is 48.1 Å². The van der Waals surface area contributed by atoms with Crippen molar-refractivity contribution in [2.45, 2.75) is 121 Å². The molecule has 2 heterocycles. The van der Waals surface area contributed by atoms with Gasteiger partial charge in [0.05, 0.1) is 13.1 Å². The molecule has 2 saturated carbocycles. The highest BCUT2D eigenvalue weighted by Crippen LogP contribution is 2.37. The van der Waals surface area contributed by atoms with Gasteiger partial charge in [0.2, 0.25) is 0 Å². The number of piperidine rings is 1. The van der Waals surface area contributed by atoms with Crippen molar-refractivity contribution in [1.29, 1.82) is 0 Å². The van der Waals surface area contributed by atoms with Gasteiger partial charge in [0.25, 0.3) is 0 Å². The molecular formula is C26H48N3+. The minimum Gasteiger partial charge on any atom is -0.329 e. The first-order chi connectivity index (χ1) is 14.0. The normalized spacial score (nSPS) is 45.2. The fourth-order valence-corrected chi connectivity index (χ4v) is 7.69. The molecule has 0 amide bonds. The van der Waals surface area contributed by atoms with E-state index in [2.05, 4.69) is 56.9 Å². The van der Waals surface area contributed by atoms with Crippen LogP contribution in [0.5, 0.6) is 0 Å². The maximum absolute atomic E-state index is 2.91. The van der Waals surface area contributed by atoms with Crippen molar-refractivity contribution in [2.75, 3.05) is 21.1 Å². The Morgan fingerprint density at radius 3 is 2.34 bits per heavy atom. The summed E-state index contributed by atoms with van der Waals surface area (Å²) in [4.78, 5) is 7.19. The first kappa shape index (κ1) is 21.8. The van der Waals surface area contributed by atoms with Gasteiger partial charge in [-0.2, -0.15) is 0 Å². The summed E-state index contributed by atoms with van der Waals surface area (Å²) >= 11 is 0. The van der Waals surface area contributed by atoms with Crippen LogP contribution in [-0.4, -0.2) is 67.2 Å². The van der Waals surface area contributed by atoms with Crippen molar-refractivity contribution in [3.63, 3.8) is 0 Å². The fourth-order valence-electron chi connectivity index (χ4n) is 7.69. The van der Waals surface area contributed by atoms with Crippen LogP contribution in [0.2, 0.25) is 0 Å². The topological polar surface area (TPSA) is 10.9 Å². The second-order valence-electron chi connectivity index (χ2n) is 11.3. The Bertz CT molecular complexity index is 552. The summed E-state index contributed by atoms with van der Waals surface area (Å²) in [6, 6.07) is 4.83. The second-order valence-corrected chi connectivity index (χ2v) is 11.3. The molecule has 4 fully saturated rings. The van der Waals surface area contributed by atoms with E-state index in [-0.39, 0.29) is 0 Å². The highest BCUT2D eigenvalue weighted by molar-refractivity contribution is 5.05. The van der Waals surface area contributed by atoms with Crippen LogP contribution in [0, 0.1) is 11.8 Å². The van der Waals surface area contributed by atoms with Gasteiger partial charge in [0.1, 0.15) is 6.04 Å². The molecular weight excluding hydrogens is 354 g/mol. The van der Waals surface area contributed by atoms with Crippen molar-refractivity contribution >= 4 is 0 Å². The number of likely N-dealkylation sites (tertiary alicyclic amines) is 2. The Balaban J connectivity index is 1.35. The number of quaternary nitrogens is 1. The number of likely N-dealkylation sites (N-methyl/N-ethyl adjacent to an activating group) is 1. The van der Waals surface area contributed by atoms with Crippen LogP contribution in [0.1, 0.15) is 84.5 Å². The quantitative estimate of drug-likeness (QED) is 0.718. The van der Waals surface area contributed by atoms with Crippen LogP contribution >= 0.6 is 0 Å². The lowest BCUT2D eigenvalue weighted by Crippen LogP contribution is -3.18. The molecule has 2 aliphatic heterocycles. The summed E-state index contributed by atoms with van der Waals surface area (Å²) in [5.74, 6) is 1.72. The standard InChI is InChI=1S/C26H47N3/c1-19-17-21(20(2)29(19)24-9-7-6-8-10-24)11-13-23-14-12-22-18-25(27(3)4)15-16-26(22)28(23)5/h11,13,19-26H,6-10,12,14-18H2,1-5H3/p+1. The molecule has 2 saturated heterocycles. The predicted octanol–water partition coefficient (Wildman–Crippen LogP) is 3.75. The molecule has 4 rings (SSSR count). The van der Waals surface area contributed by atoms with Crippen LogP contribution < -0.4 is 4.90 Å². The van der Waals surface area contributed by atoms with Crippen molar-refractivity contribution in [3.8, 4) is 0 Å². The fraction of sp³-hybridized carbons (Fsp3) is 0.923. The summed E-state index contributed by atoms with van der Waals surface area (Å²) in [6.07, 6.45) is 21.0. The molecule has 29 heavy (non-hydrogen) atoms. The first-order valence-electron chi connectivity index (χ1n) is 12.9. The molecule has 0 aromatic carbocycles. The van der Waals surface area contributed by atoms with Gasteiger partial charge in [-0.25, -0.2) is 0 Å². The van der Waals surface area contributed by atoms with Gasteiger partial charge >= 0.3 is 0 Å². The zero-order valence-electron chi connectivity index (χ0n) is 19.9. The highest BCUT2D eigenvalue weighted by Gasteiger charge is 2.43. The van der Waals surface area contributed by atoms with E-state index in [4.69, 9.17) is 0 Å². The highest BCUT2D eigenvalue weighted by atomic mass is 15.2. The van der Waals surface area contributed by atoms with E-state index in [1.807, 2.05) is 4.90 Å². The average Bonchev–Trinajstić information content (AvgIpc) is 3.01. The Kier molecular flexibility index (Phi) is 7.08. The molecule has 0 radical (unpaired) electrons. The Labute approximate surface area is 180 Å². The van der Waals surface area contributed by atoms with Gasteiger partial charge in [-0.05, 0) is 78.5 Å². The third-order valence-corrected chi connectivity index (χ3v) is 9.50. The summed E-state index contributed by atoms with van der Waals surface area (Å²) in [5, 5.41) is 0. The van der Waals surface area contributed by atoms with E-state index in [0.29, 0.717) is 0 Å². The summed E-state index contributed by atoms with van der Waals surface area (Å²) < 4.78 is 0. The lowest BCUT2D eigenvalue weighted by molar-refractivity contribution is -0.935.